The third-order valence-electron chi connectivity index (χ3n) is 38.4. The minimum atomic E-state index is -2.24. The van der Waals surface area contributed by atoms with Gasteiger partial charge in [0.1, 0.15) is 139 Å². The van der Waals surface area contributed by atoms with Gasteiger partial charge in [-0.2, -0.15) is 0 Å². The van der Waals surface area contributed by atoms with Crippen LogP contribution in [0.4, 0.5) is 4.79 Å². The van der Waals surface area contributed by atoms with Crippen LogP contribution >= 0.6 is 0 Å². The maximum atomic E-state index is 16.5. The van der Waals surface area contributed by atoms with Crippen LogP contribution in [0.3, 0.4) is 0 Å². The number of aliphatic carboxylic acids is 1. The van der Waals surface area contributed by atoms with Crippen molar-refractivity contribution >= 4 is 24.3 Å². The van der Waals surface area contributed by atoms with Gasteiger partial charge in [-0.1, -0.05) is 114 Å². The molecule has 16 aliphatic rings. The van der Waals surface area contributed by atoms with E-state index in [2.05, 4.69) is 80.6 Å². The number of hydrogen-bond acceptors (Lipinski definition) is 36. The molecule has 38 nitrogen and oxygen atoms in total. The third-order valence-corrected chi connectivity index (χ3v) is 38.4. The van der Waals surface area contributed by atoms with Crippen molar-refractivity contribution in [1.29, 1.82) is 0 Å². The van der Waals surface area contributed by atoms with E-state index in [1.807, 2.05) is 0 Å². The number of nitrogens with one attached hydrogen (secondary N) is 1. The number of allylic oxidation sites excluding steroid dienone is 2. The van der Waals surface area contributed by atoms with Gasteiger partial charge in [0.25, 0.3) is 0 Å². The van der Waals surface area contributed by atoms with Crippen molar-refractivity contribution in [3.8, 4) is 0 Å². The summed E-state index contributed by atoms with van der Waals surface area (Å²) in [6.07, 6.45) is -39.3. The van der Waals surface area contributed by atoms with Gasteiger partial charge in [0.2, 0.25) is 6.29 Å². The van der Waals surface area contributed by atoms with Crippen molar-refractivity contribution in [2.45, 2.75) is 440 Å². The minimum absolute atomic E-state index is 0.00572. The fourth-order valence-corrected chi connectivity index (χ4v) is 30.1. The monoisotopic (exact) mass is 1940 g/mol. The summed E-state index contributed by atoms with van der Waals surface area (Å²) in [6.45, 7) is 24.3. The van der Waals surface area contributed by atoms with E-state index in [1.165, 1.54) is 51.9 Å². The van der Waals surface area contributed by atoms with Gasteiger partial charge in [-0.25, -0.2) is 9.59 Å². The van der Waals surface area contributed by atoms with E-state index in [-0.39, 0.29) is 49.5 Å². The number of aliphatic hydroxyl groups is 17. The quantitative estimate of drug-likeness (QED) is 0.0256. The lowest BCUT2D eigenvalue weighted by atomic mass is 9.33. The van der Waals surface area contributed by atoms with Crippen LogP contribution in [-0.2, 0) is 85.4 Å². The fraction of sp³-hybridized carbons (Fsp3) is 0.939. The van der Waals surface area contributed by atoms with Gasteiger partial charge in [0.05, 0.1) is 62.8 Å². The highest BCUT2D eigenvalue weighted by atomic mass is 16.8. The molecule has 38 heteroatoms. The molecular weight excluding hydrogens is 1780 g/mol. The highest BCUT2D eigenvalue weighted by Gasteiger charge is 2.74. The fourth-order valence-electron chi connectivity index (χ4n) is 30.1. The molecule has 0 aromatic rings. The average molecular weight is 1940 g/mol. The average Bonchev–Trinajstić information content (AvgIpc) is 0.689. The van der Waals surface area contributed by atoms with E-state index in [1.54, 1.807) is 13.8 Å². The molecular formula is C98H157NO37. The number of ether oxygens (including phenoxy) is 15. The van der Waals surface area contributed by atoms with Crippen LogP contribution in [-0.4, -0.2) is 358 Å². The number of esters is 1. The third kappa shape index (κ3) is 18.3. The molecule has 19 N–H and O–H groups in total. The van der Waals surface area contributed by atoms with Crippen LogP contribution < -0.4 is 5.32 Å². The second-order valence-electron chi connectivity index (χ2n) is 46.6. The molecule has 0 aromatic heterocycles. The Balaban J connectivity index is 0.651. The molecule has 16 rings (SSSR count). The Morgan fingerprint density at radius 1 is 0.544 bits per heavy atom. The number of hydrogen-bond donors (Lipinski definition) is 19. The van der Waals surface area contributed by atoms with Gasteiger partial charge in [0.15, 0.2) is 49.9 Å². The van der Waals surface area contributed by atoms with Crippen molar-refractivity contribution in [2.24, 2.45) is 102 Å². The van der Waals surface area contributed by atoms with Gasteiger partial charge in [0, 0.05) is 0 Å². The zero-order valence-corrected chi connectivity index (χ0v) is 80.9. The van der Waals surface area contributed by atoms with Crippen molar-refractivity contribution in [2.75, 3.05) is 33.0 Å². The Morgan fingerprint density at radius 2 is 1.18 bits per heavy atom. The maximum absolute atomic E-state index is 16.5. The van der Waals surface area contributed by atoms with Crippen LogP contribution in [0.2, 0.25) is 0 Å². The predicted molar refractivity (Wildman–Crippen MR) is 471 cm³/mol. The zero-order valence-electron chi connectivity index (χ0n) is 80.9. The highest BCUT2D eigenvalue weighted by molar-refractivity contribution is 5.80. The molecule has 1 amide bonds. The van der Waals surface area contributed by atoms with Crippen molar-refractivity contribution in [3.63, 3.8) is 0 Å². The molecule has 18 unspecified atom stereocenters. The summed E-state index contributed by atoms with van der Waals surface area (Å²) < 4.78 is 92.6. The lowest BCUT2D eigenvalue weighted by molar-refractivity contribution is -0.391. The van der Waals surface area contributed by atoms with Crippen LogP contribution in [0, 0.1) is 102 Å². The lowest BCUT2D eigenvalue weighted by Gasteiger charge is -2.71. The van der Waals surface area contributed by atoms with Gasteiger partial charge in [-0.15, -0.1) is 0 Å². The van der Waals surface area contributed by atoms with Crippen molar-refractivity contribution in [3.05, 3.63) is 11.6 Å². The molecule has 776 valence electrons. The Kier molecular flexibility index (Phi) is 30.9. The van der Waals surface area contributed by atoms with E-state index in [0.717, 1.165) is 31.1 Å². The van der Waals surface area contributed by atoms with Crippen LogP contribution in [0.5, 0.6) is 0 Å². The van der Waals surface area contributed by atoms with Crippen molar-refractivity contribution in [1.82, 2.24) is 5.32 Å². The van der Waals surface area contributed by atoms with E-state index in [0.29, 0.717) is 92.3 Å². The molecule has 0 radical (unpaired) electrons. The molecule has 8 saturated carbocycles. The number of carboxylic acid groups (broad SMARTS) is 1. The van der Waals surface area contributed by atoms with E-state index in [9.17, 15) is 106 Å². The number of amides is 1. The predicted octanol–water partition coefficient (Wildman–Crippen LogP) is 2.27. The SMILES string of the molecule is CC[C@@]1(O)CO[C@@H](OC2C(O)[C@H](O[C@H]3C(C)O[C@@H](OC4C(O)[C@@H](NC(=O)O[C@H]5CC[C@@]6(C)[C@@H](CC[C@@H]7[C@@H]6CC[C@]6(C)[C@@H]([C@H](C)CCCC(C)C)CC[C@@H]76)C5)C(CO)O[C@H]4OC(=O)[C@]45CCC(C)(C)CC4C4=CCC6C7(C)CC[C@H](O[C@@H]8OC(C(=O)O)[C@@H](O)[C@H](O[C@@H]9OC[C@@H](O)[C@H](O)C9O)C8O[C@@H]8OC(CO)[C@H](O)[C@H](O)C8O)[C@](C)(C=O)[C@@H]7CC[C@]6(C)[C@]4(C)CC5O)C(O)C3O)OC[C@H]2O)C1O. The normalized spacial score (nSPS) is 52.9. The van der Waals surface area contributed by atoms with E-state index in [4.69, 9.17) is 71.1 Å². The number of aliphatic hydroxyl groups excluding tert-OH is 16. The molecule has 0 spiro atoms. The summed E-state index contributed by atoms with van der Waals surface area (Å²) >= 11 is 0. The standard InChI is InChI=1S/C98H157NO37/c1-14-97(121)42-124-87(79(97)116)131-74-55(104)40-123-82(72(74)115)130-73-45(5)125-83(70(113)67(73)110)134-77-65(108)62(99-89(120)126-47-24-28-91(8)46(34-47)18-19-48-50-21-20-49(44(4)17-15-16-43(2)3)92(50,9)29-25-51(48)91)56(37-100)127-85(77)136-88(119)98-33-32-90(6,7)35-53(98)52-22-23-59-93(10)30-27-61(94(11,41-102)58(93)26-31-95(59,12)96(52,13)36-60(98)105)129-86-78(135-84-69(112)66(109)64(107)57(38-101)128-84)75(71(114)76(133-86)80(117)118)132-81-68(111)63(106)54(103)39-122-81/h22,41,43-51,53-79,81-87,100-101,103-116,121H,14-21,23-40,42H2,1-13H3,(H,99,120)(H,117,118)/t44-,45?,46+,47+,48+,49-,50+,51+,53?,54-,55-,56?,57?,58-,59?,60?,61+,62+,63+,64+,65?,66+,67?,68?,69?,70?,71+,72?,73+,74?,75+,76?,77?,78?,79?,81+,82+,83+,84+,85+,86-,87+,91+,92-,93?,94-,95+,96-,97-,98-/m1/s1. The van der Waals surface area contributed by atoms with Crippen LogP contribution in [0.15, 0.2) is 11.6 Å². The first-order valence-corrected chi connectivity index (χ1v) is 50.5. The van der Waals surface area contributed by atoms with E-state index >= 15 is 4.79 Å². The van der Waals surface area contributed by atoms with Gasteiger partial charge < -0.3 is 173 Å². The summed E-state index contributed by atoms with van der Waals surface area (Å²) in [5.74, 6) is -0.0618. The summed E-state index contributed by atoms with van der Waals surface area (Å²) in [7, 11) is 0. The summed E-state index contributed by atoms with van der Waals surface area (Å²) in [5.41, 5.74) is -6.55. The van der Waals surface area contributed by atoms with Gasteiger partial charge >= 0.3 is 18.0 Å². The number of fused-ring (bicyclic) bond motifs is 12. The van der Waals surface area contributed by atoms with Crippen molar-refractivity contribution < 1.29 is 182 Å². The summed E-state index contributed by atoms with van der Waals surface area (Å²) in [5, 5.41) is 208. The largest absolute Gasteiger partial charge is 0.479 e. The molecule has 136 heavy (non-hydrogen) atoms. The number of rotatable bonds is 26. The smallest absolute Gasteiger partial charge is 0.407 e. The highest BCUT2D eigenvalue weighted by Crippen LogP contribution is 2.77. The molecule has 7 aliphatic heterocycles. The van der Waals surface area contributed by atoms with Crippen LogP contribution in [0.25, 0.3) is 0 Å². The Bertz CT molecular complexity index is 4170. The Hall–Kier alpha value is -3.58. The number of alkyl carbamates (subject to hydrolysis) is 1. The Morgan fingerprint density at radius 3 is 1.86 bits per heavy atom. The van der Waals surface area contributed by atoms with Gasteiger partial charge in [-0.05, 0) is 221 Å². The Labute approximate surface area is 795 Å². The number of carbonyl (C=O) groups excluding carboxylic acids is 3. The number of aldehydes is 1. The first-order valence-electron chi connectivity index (χ1n) is 50.5. The molecule has 15 fully saturated rings. The van der Waals surface area contributed by atoms with Crippen LogP contribution in [0.1, 0.15) is 231 Å². The minimum Gasteiger partial charge on any atom is -0.479 e. The molecule has 7 heterocycles. The summed E-state index contributed by atoms with van der Waals surface area (Å²) in [4.78, 5) is 59.0. The second-order valence-corrected chi connectivity index (χ2v) is 46.6. The molecule has 9 aliphatic carbocycles. The number of carboxylic acids is 1. The zero-order chi connectivity index (χ0) is 98.5. The summed E-state index contributed by atoms with van der Waals surface area (Å²) in [6, 6.07) is -1.59. The second kappa shape index (κ2) is 40.0. The first kappa shape index (κ1) is 105. The molecule has 50 atom stereocenters. The molecule has 0 aromatic carbocycles. The molecule has 7 saturated heterocycles. The topological polar surface area (TPSA) is 583 Å². The maximum Gasteiger partial charge on any atom is 0.407 e. The molecule has 0 bridgehead atoms. The lowest BCUT2D eigenvalue weighted by Crippen LogP contribution is -2.70. The first-order chi connectivity index (χ1) is 64.0. The number of carbonyl (C=O) groups is 4. The van der Waals surface area contributed by atoms with Gasteiger partial charge in [-0.3, -0.25) is 4.79 Å². The van der Waals surface area contributed by atoms with E-state index < -0.39 is 297 Å².